The molecule has 0 aliphatic rings. The van der Waals surface area contributed by atoms with Crippen LogP contribution in [-0.4, -0.2) is 0 Å². The van der Waals surface area contributed by atoms with E-state index in [1.54, 1.807) is 6.08 Å². The van der Waals surface area contributed by atoms with E-state index in [1.807, 2.05) is 44.2 Å². The van der Waals surface area contributed by atoms with E-state index < -0.39 is 0 Å². The molecule has 0 fully saturated rings. The van der Waals surface area contributed by atoms with Gasteiger partial charge in [-0.2, -0.15) is 0 Å². The number of nitrogens with zero attached hydrogens (tertiary/aromatic N) is 1. The predicted octanol–water partition coefficient (Wildman–Crippen LogP) is 9.44. The first-order valence-electron chi connectivity index (χ1n) is 11.4. The van der Waals surface area contributed by atoms with E-state index in [-0.39, 0.29) is 0 Å². The van der Waals surface area contributed by atoms with Crippen LogP contribution < -0.4 is 4.90 Å². The molecule has 4 aromatic rings. The van der Waals surface area contributed by atoms with Gasteiger partial charge in [-0.05, 0) is 64.7 Å². The Hall–Kier alpha value is -4.10. The highest BCUT2D eigenvalue weighted by molar-refractivity contribution is 5.82. The summed E-state index contributed by atoms with van der Waals surface area (Å²) in [7, 11) is 0. The lowest BCUT2D eigenvalue weighted by Crippen LogP contribution is -2.15. The Labute approximate surface area is 198 Å². The summed E-state index contributed by atoms with van der Waals surface area (Å²) < 4.78 is 0. The van der Waals surface area contributed by atoms with Gasteiger partial charge in [0.25, 0.3) is 0 Å². The van der Waals surface area contributed by atoms with Crippen molar-refractivity contribution in [1.29, 1.82) is 0 Å². The minimum Gasteiger partial charge on any atom is -0.310 e. The number of benzene rings is 4. The SMILES string of the molecule is C=C/C=C(\C=C)N(c1ccccc1)c1cc(-c2ccccc2)cc(-c2ccccc2)c1.CC. The maximum atomic E-state index is 4.05. The van der Waals surface area contributed by atoms with Crippen molar-refractivity contribution in [2.75, 3.05) is 4.90 Å². The fourth-order valence-electron chi connectivity index (χ4n) is 3.71. The van der Waals surface area contributed by atoms with Crippen molar-refractivity contribution in [2.45, 2.75) is 13.8 Å². The minimum absolute atomic E-state index is 0.963. The van der Waals surface area contributed by atoms with Gasteiger partial charge >= 0.3 is 0 Å². The predicted molar refractivity (Wildman–Crippen MR) is 146 cm³/mol. The van der Waals surface area contributed by atoms with Crippen LogP contribution in [0.1, 0.15) is 13.8 Å². The number of para-hydroxylation sites is 1. The van der Waals surface area contributed by atoms with E-state index in [2.05, 4.69) is 109 Å². The summed E-state index contributed by atoms with van der Waals surface area (Å²) in [6.07, 6.45) is 5.65. The molecule has 4 aromatic carbocycles. The molecule has 0 atom stereocenters. The summed E-state index contributed by atoms with van der Waals surface area (Å²) in [4.78, 5) is 2.22. The Morgan fingerprint density at radius 1 is 0.576 bits per heavy atom. The first kappa shape index (κ1) is 23.6. The number of allylic oxidation sites excluding steroid dienone is 3. The van der Waals surface area contributed by atoms with E-state index in [9.17, 15) is 0 Å². The van der Waals surface area contributed by atoms with Crippen LogP contribution >= 0.6 is 0 Å². The number of anilines is 2. The Kier molecular flexibility index (Phi) is 8.62. The lowest BCUT2D eigenvalue weighted by molar-refractivity contribution is 1.21. The number of hydrogen-bond donors (Lipinski definition) is 0. The first-order chi connectivity index (χ1) is 16.3. The molecule has 1 heteroatoms. The van der Waals surface area contributed by atoms with Gasteiger partial charge in [-0.25, -0.2) is 0 Å². The minimum atomic E-state index is 0.963. The molecule has 1 nitrogen and oxygen atoms in total. The highest BCUT2D eigenvalue weighted by Crippen LogP contribution is 2.37. The number of hydrogen-bond acceptors (Lipinski definition) is 1. The summed E-state index contributed by atoms with van der Waals surface area (Å²) in [6, 6.07) is 38.0. The molecule has 0 unspecified atom stereocenters. The lowest BCUT2D eigenvalue weighted by atomic mass is 9.97. The smallest absolute Gasteiger partial charge is 0.0473 e. The zero-order valence-corrected chi connectivity index (χ0v) is 19.5. The van der Waals surface area contributed by atoms with Gasteiger partial charge in [-0.15, -0.1) is 0 Å². The van der Waals surface area contributed by atoms with Gasteiger partial charge in [0, 0.05) is 17.1 Å². The monoisotopic (exact) mass is 429 g/mol. The van der Waals surface area contributed by atoms with Crippen LogP contribution in [0.3, 0.4) is 0 Å². The van der Waals surface area contributed by atoms with Crippen LogP contribution in [0.25, 0.3) is 22.3 Å². The van der Waals surface area contributed by atoms with Crippen LogP contribution in [0.2, 0.25) is 0 Å². The largest absolute Gasteiger partial charge is 0.310 e. The highest BCUT2D eigenvalue weighted by atomic mass is 15.1. The average Bonchev–Trinajstić information content (AvgIpc) is 2.91. The molecular formula is C32H31N. The number of rotatable bonds is 7. The van der Waals surface area contributed by atoms with Crippen LogP contribution in [0.5, 0.6) is 0 Å². The van der Waals surface area contributed by atoms with Crippen LogP contribution in [0, 0.1) is 0 Å². The summed E-state index contributed by atoms with van der Waals surface area (Å²) in [5.41, 5.74) is 7.80. The van der Waals surface area contributed by atoms with Crippen molar-refractivity contribution < 1.29 is 0 Å². The summed E-state index contributed by atoms with van der Waals surface area (Å²) >= 11 is 0. The molecule has 0 bridgehead atoms. The van der Waals surface area contributed by atoms with Crippen molar-refractivity contribution in [3.8, 4) is 22.3 Å². The van der Waals surface area contributed by atoms with Crippen LogP contribution in [0.4, 0.5) is 11.4 Å². The average molecular weight is 430 g/mol. The molecule has 0 saturated carbocycles. The van der Waals surface area contributed by atoms with Gasteiger partial charge in [0.2, 0.25) is 0 Å². The maximum absolute atomic E-state index is 4.05. The summed E-state index contributed by atoms with van der Waals surface area (Å²) in [5, 5.41) is 0. The lowest BCUT2D eigenvalue weighted by Gasteiger charge is -2.27. The topological polar surface area (TPSA) is 3.24 Å². The van der Waals surface area contributed by atoms with Gasteiger partial charge in [0.15, 0.2) is 0 Å². The van der Waals surface area contributed by atoms with Crippen molar-refractivity contribution in [1.82, 2.24) is 0 Å². The Bertz CT molecular complexity index is 1130. The van der Waals surface area contributed by atoms with Gasteiger partial charge in [-0.3, -0.25) is 0 Å². The van der Waals surface area contributed by atoms with Crippen LogP contribution in [0.15, 0.2) is 146 Å². The Balaban J connectivity index is 0.00000149. The fourth-order valence-corrected chi connectivity index (χ4v) is 3.71. The maximum Gasteiger partial charge on any atom is 0.0473 e. The van der Waals surface area contributed by atoms with E-state index in [0.29, 0.717) is 0 Å². The first-order valence-corrected chi connectivity index (χ1v) is 11.4. The molecule has 4 rings (SSSR count). The van der Waals surface area contributed by atoms with Crippen molar-refractivity contribution in [2.24, 2.45) is 0 Å². The Morgan fingerprint density at radius 2 is 1.03 bits per heavy atom. The molecule has 0 aliphatic carbocycles. The van der Waals surface area contributed by atoms with Gasteiger partial charge in [0.05, 0.1) is 0 Å². The van der Waals surface area contributed by atoms with E-state index in [1.165, 1.54) is 22.3 Å². The molecule has 0 amide bonds. The molecule has 33 heavy (non-hydrogen) atoms. The van der Waals surface area contributed by atoms with E-state index in [0.717, 1.165) is 17.1 Å². The molecule has 0 radical (unpaired) electrons. The third-order valence-corrected chi connectivity index (χ3v) is 5.16. The molecule has 0 aromatic heterocycles. The van der Waals surface area contributed by atoms with Crippen molar-refractivity contribution in [3.63, 3.8) is 0 Å². The van der Waals surface area contributed by atoms with Gasteiger partial charge in [0.1, 0.15) is 0 Å². The third kappa shape index (κ3) is 5.78. The second-order valence-electron chi connectivity index (χ2n) is 7.20. The van der Waals surface area contributed by atoms with Crippen molar-refractivity contribution in [3.05, 3.63) is 146 Å². The molecular weight excluding hydrogens is 398 g/mol. The quantitative estimate of drug-likeness (QED) is 0.264. The van der Waals surface area contributed by atoms with Crippen molar-refractivity contribution >= 4 is 11.4 Å². The normalized spacial score (nSPS) is 10.5. The highest BCUT2D eigenvalue weighted by Gasteiger charge is 2.15. The fraction of sp³-hybridized carbons (Fsp3) is 0.0625. The van der Waals surface area contributed by atoms with Gasteiger partial charge in [-0.1, -0.05) is 112 Å². The van der Waals surface area contributed by atoms with E-state index in [4.69, 9.17) is 0 Å². The molecule has 164 valence electrons. The molecule has 0 aliphatic heterocycles. The second-order valence-corrected chi connectivity index (χ2v) is 7.20. The third-order valence-electron chi connectivity index (χ3n) is 5.16. The molecule has 0 spiro atoms. The van der Waals surface area contributed by atoms with Crippen LogP contribution in [-0.2, 0) is 0 Å². The van der Waals surface area contributed by atoms with Gasteiger partial charge < -0.3 is 4.90 Å². The summed E-state index contributed by atoms with van der Waals surface area (Å²) in [5.74, 6) is 0. The zero-order chi connectivity index (χ0) is 23.5. The second kappa shape index (κ2) is 12.1. The standard InChI is InChI=1S/C30H25N.C2H6/c1-3-14-28(4-2)31(29-19-12-7-13-20-29)30-22-26(24-15-8-5-9-16-24)21-27(23-30)25-17-10-6-11-18-25;1-2/h3-23H,1-2H2;1-2H3/b28-14+;. The Morgan fingerprint density at radius 3 is 1.45 bits per heavy atom. The molecule has 0 N–H and O–H groups in total. The van der Waals surface area contributed by atoms with E-state index >= 15 is 0 Å². The molecule has 0 heterocycles. The zero-order valence-electron chi connectivity index (χ0n) is 19.5. The summed E-state index contributed by atoms with van der Waals surface area (Å²) in [6.45, 7) is 12.0. The molecule has 0 saturated heterocycles.